The Labute approximate surface area is 235 Å². The standard InChI is InChI=1S/C36H23N3O2/c40-39(41)35-17-9-8-16-34(35)38-32-15-7-4-12-27(32)29-20-18-25(23-36(29)38)24-19-21-33-30(22-24)28-13-5-6-14-31(28)37(33)26-10-2-1-3-11-26/h1-23H. The molecule has 0 radical (unpaired) electrons. The fraction of sp³-hybridized carbons (Fsp3) is 0. The van der Waals surface area contributed by atoms with E-state index < -0.39 is 0 Å². The molecule has 0 fully saturated rings. The molecule has 0 amide bonds. The molecule has 0 atom stereocenters. The summed E-state index contributed by atoms with van der Waals surface area (Å²) >= 11 is 0. The van der Waals surface area contributed by atoms with Gasteiger partial charge in [0.15, 0.2) is 0 Å². The Kier molecular flexibility index (Phi) is 5.06. The fourth-order valence-corrected chi connectivity index (χ4v) is 6.23. The summed E-state index contributed by atoms with van der Waals surface area (Å²) in [6.45, 7) is 0. The first kappa shape index (κ1) is 23.2. The van der Waals surface area contributed by atoms with E-state index in [4.69, 9.17) is 0 Å². The number of benzene rings is 6. The first-order valence-corrected chi connectivity index (χ1v) is 13.5. The molecule has 0 saturated heterocycles. The lowest BCUT2D eigenvalue weighted by Crippen LogP contribution is -1.99. The zero-order chi connectivity index (χ0) is 27.5. The van der Waals surface area contributed by atoms with Crippen LogP contribution >= 0.6 is 0 Å². The second-order valence-electron chi connectivity index (χ2n) is 10.3. The molecular formula is C36H23N3O2. The quantitative estimate of drug-likeness (QED) is 0.168. The molecule has 5 nitrogen and oxygen atoms in total. The van der Waals surface area contributed by atoms with Gasteiger partial charge in [-0.15, -0.1) is 0 Å². The molecule has 8 aromatic rings. The van der Waals surface area contributed by atoms with Gasteiger partial charge in [0, 0.05) is 33.3 Å². The lowest BCUT2D eigenvalue weighted by molar-refractivity contribution is -0.384. The van der Waals surface area contributed by atoms with Gasteiger partial charge in [0.05, 0.1) is 27.0 Å². The van der Waals surface area contributed by atoms with E-state index in [9.17, 15) is 10.1 Å². The molecule has 0 unspecified atom stereocenters. The minimum atomic E-state index is -0.309. The van der Waals surface area contributed by atoms with Crippen LogP contribution in [0.25, 0.3) is 66.1 Å². The highest BCUT2D eigenvalue weighted by Gasteiger charge is 2.20. The number of aromatic nitrogens is 2. The lowest BCUT2D eigenvalue weighted by Gasteiger charge is -2.10. The fourth-order valence-electron chi connectivity index (χ4n) is 6.23. The molecule has 6 aromatic carbocycles. The van der Waals surface area contributed by atoms with Crippen molar-refractivity contribution in [2.24, 2.45) is 0 Å². The van der Waals surface area contributed by atoms with Gasteiger partial charge in [-0.25, -0.2) is 0 Å². The number of hydrogen-bond donors (Lipinski definition) is 0. The molecule has 0 aliphatic rings. The van der Waals surface area contributed by atoms with Crippen molar-refractivity contribution in [1.82, 2.24) is 9.13 Å². The summed E-state index contributed by atoms with van der Waals surface area (Å²) in [5.41, 5.74) is 8.10. The number of rotatable bonds is 4. The molecule has 8 rings (SSSR count). The van der Waals surface area contributed by atoms with E-state index in [1.807, 2.05) is 41.0 Å². The van der Waals surface area contributed by atoms with E-state index in [1.54, 1.807) is 12.1 Å². The highest BCUT2D eigenvalue weighted by Crippen LogP contribution is 2.39. The van der Waals surface area contributed by atoms with Crippen LogP contribution in [0.4, 0.5) is 5.69 Å². The third kappa shape index (κ3) is 3.49. The van der Waals surface area contributed by atoms with Crippen LogP contribution in [0.3, 0.4) is 0 Å². The van der Waals surface area contributed by atoms with Gasteiger partial charge in [0.2, 0.25) is 0 Å². The van der Waals surface area contributed by atoms with Gasteiger partial charge < -0.3 is 9.13 Å². The van der Waals surface area contributed by atoms with Crippen LogP contribution in [0.1, 0.15) is 0 Å². The SMILES string of the molecule is O=[N+]([O-])c1ccccc1-n1c2ccccc2c2ccc(-c3ccc4c(c3)c3ccccc3n4-c3ccccc3)cc21. The number of nitro benzene ring substituents is 1. The molecule has 0 N–H and O–H groups in total. The minimum absolute atomic E-state index is 0.0793. The Balaban J connectivity index is 1.39. The summed E-state index contributed by atoms with van der Waals surface area (Å²) in [7, 11) is 0. The average Bonchev–Trinajstić information content (AvgIpc) is 3.53. The van der Waals surface area contributed by atoms with Crippen LogP contribution in [0.5, 0.6) is 0 Å². The Bertz CT molecular complexity index is 2290. The predicted octanol–water partition coefficient (Wildman–Crippen LogP) is 9.46. The van der Waals surface area contributed by atoms with E-state index in [0.29, 0.717) is 5.69 Å². The van der Waals surface area contributed by atoms with Crippen molar-refractivity contribution < 1.29 is 4.92 Å². The van der Waals surface area contributed by atoms with Crippen LogP contribution in [-0.4, -0.2) is 14.1 Å². The molecule has 0 aliphatic heterocycles. The van der Waals surface area contributed by atoms with Crippen molar-refractivity contribution in [2.45, 2.75) is 0 Å². The maximum absolute atomic E-state index is 12.0. The number of fused-ring (bicyclic) bond motifs is 6. The maximum Gasteiger partial charge on any atom is 0.293 e. The molecule has 2 heterocycles. The van der Waals surface area contributed by atoms with Gasteiger partial charge in [-0.1, -0.05) is 84.9 Å². The minimum Gasteiger partial charge on any atom is -0.309 e. The smallest absolute Gasteiger partial charge is 0.293 e. The largest absolute Gasteiger partial charge is 0.309 e. The first-order chi connectivity index (χ1) is 20.2. The Morgan fingerprint density at radius 2 is 1.02 bits per heavy atom. The van der Waals surface area contributed by atoms with E-state index in [1.165, 1.54) is 10.8 Å². The molecule has 0 spiro atoms. The molecule has 5 heteroatoms. The third-order valence-corrected chi connectivity index (χ3v) is 8.01. The Hall–Kier alpha value is -5.68. The summed E-state index contributed by atoms with van der Waals surface area (Å²) in [4.78, 5) is 11.7. The van der Waals surface area contributed by atoms with Crippen LogP contribution in [-0.2, 0) is 0 Å². The Morgan fingerprint density at radius 1 is 0.463 bits per heavy atom. The van der Waals surface area contributed by atoms with Crippen LogP contribution in [0.15, 0.2) is 140 Å². The maximum atomic E-state index is 12.0. The van der Waals surface area contributed by atoms with Crippen LogP contribution < -0.4 is 0 Å². The number of nitrogens with zero attached hydrogens (tertiary/aromatic N) is 3. The van der Waals surface area contributed by atoms with Gasteiger partial charge in [0.25, 0.3) is 5.69 Å². The van der Waals surface area contributed by atoms with Crippen LogP contribution in [0, 0.1) is 10.1 Å². The predicted molar refractivity (Wildman–Crippen MR) is 167 cm³/mol. The third-order valence-electron chi connectivity index (χ3n) is 8.01. The van der Waals surface area contributed by atoms with Gasteiger partial charge in [0.1, 0.15) is 5.69 Å². The topological polar surface area (TPSA) is 53.0 Å². The summed E-state index contributed by atoms with van der Waals surface area (Å²) in [6.07, 6.45) is 0. The average molecular weight is 530 g/mol. The van der Waals surface area contributed by atoms with Gasteiger partial charge in [-0.05, 0) is 59.7 Å². The molecule has 2 aromatic heterocycles. The summed E-state index contributed by atoms with van der Waals surface area (Å²) in [5.74, 6) is 0. The summed E-state index contributed by atoms with van der Waals surface area (Å²) in [5, 5.41) is 16.5. The molecular weight excluding hydrogens is 506 g/mol. The van der Waals surface area contributed by atoms with Crippen molar-refractivity contribution in [3.8, 4) is 22.5 Å². The molecule has 0 saturated carbocycles. The zero-order valence-electron chi connectivity index (χ0n) is 21.9. The number of hydrogen-bond acceptors (Lipinski definition) is 2. The summed E-state index contributed by atoms with van der Waals surface area (Å²) in [6, 6.07) is 47.0. The molecule has 0 aliphatic carbocycles. The van der Waals surface area contributed by atoms with Crippen molar-refractivity contribution in [1.29, 1.82) is 0 Å². The van der Waals surface area contributed by atoms with Gasteiger partial charge in [-0.3, -0.25) is 10.1 Å². The summed E-state index contributed by atoms with van der Waals surface area (Å²) < 4.78 is 4.33. The van der Waals surface area contributed by atoms with Crippen molar-refractivity contribution in [3.05, 3.63) is 150 Å². The zero-order valence-corrected chi connectivity index (χ0v) is 21.9. The molecule has 41 heavy (non-hydrogen) atoms. The van der Waals surface area contributed by atoms with Crippen molar-refractivity contribution in [2.75, 3.05) is 0 Å². The molecule has 0 bridgehead atoms. The Morgan fingerprint density at radius 3 is 1.80 bits per heavy atom. The lowest BCUT2D eigenvalue weighted by atomic mass is 10.0. The molecule has 194 valence electrons. The van der Waals surface area contributed by atoms with Crippen LogP contribution in [0.2, 0.25) is 0 Å². The monoisotopic (exact) mass is 529 g/mol. The normalized spacial score (nSPS) is 11.6. The second kappa shape index (κ2) is 8.93. The number of para-hydroxylation sites is 5. The van der Waals surface area contributed by atoms with E-state index >= 15 is 0 Å². The second-order valence-corrected chi connectivity index (χ2v) is 10.3. The highest BCUT2D eigenvalue weighted by atomic mass is 16.6. The van der Waals surface area contributed by atoms with Crippen molar-refractivity contribution >= 4 is 49.3 Å². The van der Waals surface area contributed by atoms with Gasteiger partial charge >= 0.3 is 0 Å². The van der Waals surface area contributed by atoms with E-state index in [-0.39, 0.29) is 10.6 Å². The van der Waals surface area contributed by atoms with E-state index in [0.717, 1.165) is 49.7 Å². The highest BCUT2D eigenvalue weighted by molar-refractivity contribution is 6.12. The number of nitro groups is 1. The van der Waals surface area contributed by atoms with Crippen molar-refractivity contribution in [3.63, 3.8) is 0 Å². The van der Waals surface area contributed by atoms with E-state index in [2.05, 4.69) is 95.6 Å². The first-order valence-electron chi connectivity index (χ1n) is 13.5. The van der Waals surface area contributed by atoms with Gasteiger partial charge in [-0.2, -0.15) is 0 Å².